The zero-order valence-electron chi connectivity index (χ0n) is 14.5. The Morgan fingerprint density at radius 2 is 1.62 bits per heavy atom. The fourth-order valence-corrected chi connectivity index (χ4v) is 3.94. The van der Waals surface area contributed by atoms with E-state index in [4.69, 9.17) is 0 Å². The molecule has 2 aliphatic heterocycles. The van der Waals surface area contributed by atoms with Crippen LogP contribution in [0.4, 0.5) is 0 Å². The van der Waals surface area contributed by atoms with Crippen molar-refractivity contribution in [3.8, 4) is 0 Å². The van der Waals surface area contributed by atoms with Gasteiger partial charge in [-0.3, -0.25) is 19.6 Å². The molecule has 2 aromatic heterocycles. The first-order chi connectivity index (χ1) is 12.7. The van der Waals surface area contributed by atoms with Crippen molar-refractivity contribution in [3.05, 3.63) is 54.4 Å². The molecular weight excluding hydrogens is 330 g/mol. The van der Waals surface area contributed by atoms with Crippen LogP contribution in [0.3, 0.4) is 0 Å². The van der Waals surface area contributed by atoms with E-state index in [0.29, 0.717) is 24.3 Å². The highest BCUT2D eigenvalue weighted by atomic mass is 16.2. The third-order valence-electron chi connectivity index (χ3n) is 5.53. The number of hydrogen-bond acceptors (Lipinski definition) is 5. The summed E-state index contributed by atoms with van der Waals surface area (Å²) in [6.45, 7) is 2.92. The van der Waals surface area contributed by atoms with Crippen molar-refractivity contribution in [2.24, 2.45) is 5.41 Å². The SMILES string of the molecule is O=C(c1cccnc1)N1CCC2(CCN(C(=O)c3cnccn3)CC2)C1. The summed E-state index contributed by atoms with van der Waals surface area (Å²) in [7, 11) is 0. The minimum Gasteiger partial charge on any atom is -0.338 e. The lowest BCUT2D eigenvalue weighted by molar-refractivity contribution is 0.0560. The quantitative estimate of drug-likeness (QED) is 0.822. The molecule has 4 rings (SSSR count). The van der Waals surface area contributed by atoms with E-state index in [1.54, 1.807) is 24.7 Å². The van der Waals surface area contributed by atoms with Crippen LogP contribution in [0.25, 0.3) is 0 Å². The number of nitrogens with zero attached hydrogens (tertiary/aromatic N) is 5. The second-order valence-corrected chi connectivity index (χ2v) is 7.10. The van der Waals surface area contributed by atoms with Crippen molar-refractivity contribution < 1.29 is 9.59 Å². The maximum atomic E-state index is 12.6. The molecule has 0 radical (unpaired) electrons. The van der Waals surface area contributed by atoms with Crippen molar-refractivity contribution in [1.82, 2.24) is 24.8 Å². The van der Waals surface area contributed by atoms with Crippen LogP contribution < -0.4 is 0 Å². The highest BCUT2D eigenvalue weighted by molar-refractivity contribution is 5.94. The number of carbonyl (C=O) groups excluding carboxylic acids is 2. The van der Waals surface area contributed by atoms with Gasteiger partial charge in [-0.2, -0.15) is 0 Å². The number of likely N-dealkylation sites (tertiary alicyclic amines) is 2. The monoisotopic (exact) mass is 351 g/mol. The van der Waals surface area contributed by atoms with Gasteiger partial charge in [0.15, 0.2) is 0 Å². The second kappa shape index (κ2) is 6.82. The average molecular weight is 351 g/mol. The second-order valence-electron chi connectivity index (χ2n) is 7.10. The van der Waals surface area contributed by atoms with Crippen LogP contribution in [0.1, 0.15) is 40.1 Å². The Hall–Kier alpha value is -2.83. The summed E-state index contributed by atoms with van der Waals surface area (Å²) < 4.78 is 0. The maximum absolute atomic E-state index is 12.6. The minimum absolute atomic E-state index is 0.0491. The van der Waals surface area contributed by atoms with Gasteiger partial charge in [-0.15, -0.1) is 0 Å². The van der Waals surface area contributed by atoms with E-state index >= 15 is 0 Å². The number of rotatable bonds is 2. The van der Waals surface area contributed by atoms with E-state index in [2.05, 4.69) is 15.0 Å². The van der Waals surface area contributed by atoms with Gasteiger partial charge >= 0.3 is 0 Å². The summed E-state index contributed by atoms with van der Waals surface area (Å²) in [5.41, 5.74) is 1.15. The van der Waals surface area contributed by atoms with Gasteiger partial charge in [0.05, 0.1) is 11.8 Å². The molecule has 2 saturated heterocycles. The van der Waals surface area contributed by atoms with Crippen LogP contribution in [-0.4, -0.2) is 62.7 Å². The number of hydrogen-bond donors (Lipinski definition) is 0. The fraction of sp³-hybridized carbons (Fsp3) is 0.421. The number of carbonyl (C=O) groups is 2. The van der Waals surface area contributed by atoms with Gasteiger partial charge in [-0.25, -0.2) is 4.98 Å². The number of amides is 2. The van der Waals surface area contributed by atoms with E-state index < -0.39 is 0 Å². The molecule has 2 amide bonds. The van der Waals surface area contributed by atoms with Gasteiger partial charge in [0.25, 0.3) is 11.8 Å². The molecule has 0 bridgehead atoms. The summed E-state index contributed by atoms with van der Waals surface area (Å²) in [5.74, 6) is -0.0118. The third kappa shape index (κ3) is 3.16. The van der Waals surface area contributed by atoms with Crippen LogP contribution in [0.15, 0.2) is 43.1 Å². The van der Waals surface area contributed by atoms with Crippen LogP contribution in [0, 0.1) is 5.41 Å². The van der Waals surface area contributed by atoms with E-state index in [0.717, 1.165) is 32.4 Å². The lowest BCUT2D eigenvalue weighted by Crippen LogP contribution is -2.45. The van der Waals surface area contributed by atoms with E-state index in [-0.39, 0.29) is 17.2 Å². The molecule has 7 nitrogen and oxygen atoms in total. The Morgan fingerprint density at radius 3 is 2.27 bits per heavy atom. The average Bonchev–Trinajstić information content (AvgIpc) is 3.12. The van der Waals surface area contributed by atoms with Gasteiger partial charge in [0, 0.05) is 51.0 Å². The lowest BCUT2D eigenvalue weighted by Gasteiger charge is -2.39. The molecule has 0 N–H and O–H groups in total. The highest BCUT2D eigenvalue weighted by Gasteiger charge is 2.43. The molecule has 2 aromatic rings. The standard InChI is InChI=1S/C19H21N5O2/c25-17(15-2-1-6-20-12-15)24-11-5-19(14-24)3-9-23(10-4-19)18(26)16-13-21-7-8-22-16/h1-2,6-8,12-13H,3-5,9-11,14H2. The largest absolute Gasteiger partial charge is 0.338 e. The van der Waals surface area contributed by atoms with Crippen molar-refractivity contribution in [2.75, 3.05) is 26.2 Å². The summed E-state index contributed by atoms with van der Waals surface area (Å²) >= 11 is 0. The number of pyridine rings is 1. The Kier molecular flexibility index (Phi) is 4.36. The number of piperidine rings is 1. The molecular formula is C19H21N5O2. The van der Waals surface area contributed by atoms with Crippen molar-refractivity contribution >= 4 is 11.8 Å². The Balaban J connectivity index is 1.37. The molecule has 2 aliphatic rings. The fourth-order valence-electron chi connectivity index (χ4n) is 3.94. The molecule has 4 heterocycles. The Labute approximate surface area is 152 Å². The van der Waals surface area contributed by atoms with Crippen LogP contribution >= 0.6 is 0 Å². The zero-order chi connectivity index (χ0) is 18.0. The van der Waals surface area contributed by atoms with Gasteiger partial charge < -0.3 is 9.80 Å². The zero-order valence-corrected chi connectivity index (χ0v) is 14.5. The molecule has 134 valence electrons. The first kappa shape index (κ1) is 16.6. The van der Waals surface area contributed by atoms with Gasteiger partial charge in [0.2, 0.25) is 0 Å². The maximum Gasteiger partial charge on any atom is 0.274 e. The molecule has 1 spiro atoms. The van der Waals surface area contributed by atoms with Crippen LogP contribution in [0.2, 0.25) is 0 Å². The smallest absolute Gasteiger partial charge is 0.274 e. The van der Waals surface area contributed by atoms with Crippen LogP contribution in [-0.2, 0) is 0 Å². The highest BCUT2D eigenvalue weighted by Crippen LogP contribution is 2.40. The first-order valence-electron chi connectivity index (χ1n) is 8.92. The molecule has 0 aliphatic carbocycles. The van der Waals surface area contributed by atoms with E-state index in [1.165, 1.54) is 12.4 Å². The molecule has 26 heavy (non-hydrogen) atoms. The molecule has 0 unspecified atom stereocenters. The predicted octanol–water partition coefficient (Wildman–Crippen LogP) is 1.64. The summed E-state index contributed by atoms with van der Waals surface area (Å²) in [5, 5.41) is 0. The van der Waals surface area contributed by atoms with Crippen molar-refractivity contribution in [2.45, 2.75) is 19.3 Å². The Morgan fingerprint density at radius 1 is 0.885 bits per heavy atom. The lowest BCUT2D eigenvalue weighted by atomic mass is 9.77. The first-order valence-corrected chi connectivity index (χ1v) is 8.92. The molecule has 7 heteroatoms. The molecule has 0 atom stereocenters. The molecule has 0 saturated carbocycles. The topological polar surface area (TPSA) is 79.3 Å². The molecule has 0 aromatic carbocycles. The van der Waals surface area contributed by atoms with Gasteiger partial charge in [0.1, 0.15) is 5.69 Å². The van der Waals surface area contributed by atoms with Gasteiger partial charge in [-0.1, -0.05) is 0 Å². The number of aromatic nitrogens is 3. The Bertz CT molecular complexity index is 788. The van der Waals surface area contributed by atoms with Crippen LogP contribution in [0.5, 0.6) is 0 Å². The van der Waals surface area contributed by atoms with Crippen molar-refractivity contribution in [3.63, 3.8) is 0 Å². The third-order valence-corrected chi connectivity index (χ3v) is 5.53. The summed E-state index contributed by atoms with van der Waals surface area (Å²) in [6.07, 6.45) is 10.7. The summed E-state index contributed by atoms with van der Waals surface area (Å²) in [4.78, 5) is 41.0. The van der Waals surface area contributed by atoms with Crippen molar-refractivity contribution in [1.29, 1.82) is 0 Å². The van der Waals surface area contributed by atoms with E-state index in [9.17, 15) is 9.59 Å². The predicted molar refractivity (Wildman–Crippen MR) is 94.4 cm³/mol. The normalized spacial score (nSPS) is 18.9. The van der Waals surface area contributed by atoms with E-state index in [1.807, 2.05) is 15.9 Å². The molecule has 2 fully saturated rings. The van der Waals surface area contributed by atoms with Gasteiger partial charge in [-0.05, 0) is 36.8 Å². The summed E-state index contributed by atoms with van der Waals surface area (Å²) in [6, 6.07) is 3.60. The minimum atomic E-state index is -0.0609.